The van der Waals surface area contributed by atoms with Gasteiger partial charge < -0.3 is 18.9 Å². The predicted molar refractivity (Wildman–Crippen MR) is 335 cm³/mol. The Morgan fingerprint density at radius 3 is 1.13 bits per heavy atom. The molecule has 0 fully saturated rings. The van der Waals surface area contributed by atoms with Gasteiger partial charge in [0.1, 0.15) is 19.8 Å². The molecule has 9 nitrogen and oxygen atoms in total. The third kappa shape index (κ3) is 62.4. The highest BCUT2D eigenvalue weighted by Gasteiger charge is 2.27. The first-order valence-corrected chi connectivity index (χ1v) is 33.8. The molecule has 0 saturated heterocycles. The van der Waals surface area contributed by atoms with Gasteiger partial charge in [-0.15, -0.1) is 0 Å². The van der Waals surface area contributed by atoms with E-state index in [0.717, 1.165) is 70.6 Å². The fourth-order valence-corrected chi connectivity index (χ4v) is 9.70. The third-order valence-corrected chi connectivity index (χ3v) is 14.9. The molecule has 78 heavy (non-hydrogen) atoms. The van der Waals surface area contributed by atoms with Gasteiger partial charge in [0.2, 0.25) is 0 Å². The van der Waals surface area contributed by atoms with Gasteiger partial charge in [-0.25, -0.2) is 4.57 Å². The van der Waals surface area contributed by atoms with Crippen molar-refractivity contribution < 1.29 is 42.1 Å². The molecule has 0 bridgehead atoms. The highest BCUT2D eigenvalue weighted by molar-refractivity contribution is 7.47. The number of allylic oxidation sites excluding steroid dienone is 14. The highest BCUT2D eigenvalue weighted by Crippen LogP contribution is 2.43. The maximum atomic E-state index is 12.8. The van der Waals surface area contributed by atoms with Crippen molar-refractivity contribution in [3.63, 3.8) is 0 Å². The van der Waals surface area contributed by atoms with Crippen LogP contribution in [0.1, 0.15) is 284 Å². The zero-order chi connectivity index (χ0) is 57.0. The lowest BCUT2D eigenvalue weighted by Crippen LogP contribution is -2.37. The fraction of sp³-hybridized carbons (Fsp3) is 0.765. The molecule has 2 unspecified atom stereocenters. The summed E-state index contributed by atoms with van der Waals surface area (Å²) in [6.07, 6.45) is 79.8. The summed E-state index contributed by atoms with van der Waals surface area (Å²) in [5.41, 5.74) is 0. The van der Waals surface area contributed by atoms with Crippen LogP contribution >= 0.6 is 7.82 Å². The second-order valence-corrected chi connectivity index (χ2v) is 24.2. The molecule has 2 atom stereocenters. The van der Waals surface area contributed by atoms with Crippen LogP contribution < -0.4 is 0 Å². The van der Waals surface area contributed by atoms with Crippen LogP contribution in [0.4, 0.5) is 0 Å². The van der Waals surface area contributed by atoms with Gasteiger partial charge in [-0.3, -0.25) is 18.6 Å². The quantitative estimate of drug-likeness (QED) is 0.0211. The van der Waals surface area contributed by atoms with Gasteiger partial charge in [-0.1, -0.05) is 266 Å². The van der Waals surface area contributed by atoms with Gasteiger partial charge in [0, 0.05) is 12.8 Å². The molecule has 0 heterocycles. The van der Waals surface area contributed by atoms with Gasteiger partial charge in [-0.05, 0) is 89.9 Å². The number of phosphoric ester groups is 1. The Hall–Kier alpha value is -2.81. The van der Waals surface area contributed by atoms with Crippen LogP contribution in [0.3, 0.4) is 0 Å². The summed E-state index contributed by atoms with van der Waals surface area (Å²) < 4.78 is 34.6. The molecule has 0 amide bonds. The first-order valence-electron chi connectivity index (χ1n) is 32.3. The molecular weight excluding hydrogens is 990 g/mol. The number of hydrogen-bond donors (Lipinski definition) is 1. The minimum absolute atomic E-state index is 0.0202. The second kappa shape index (κ2) is 58.8. The highest BCUT2D eigenvalue weighted by atomic mass is 31.2. The molecule has 0 aliphatic heterocycles. The third-order valence-electron chi connectivity index (χ3n) is 13.9. The van der Waals surface area contributed by atoms with E-state index in [1.165, 1.54) is 180 Å². The van der Waals surface area contributed by atoms with E-state index in [-0.39, 0.29) is 32.0 Å². The molecule has 0 aliphatic rings. The van der Waals surface area contributed by atoms with E-state index in [1.54, 1.807) is 0 Å². The van der Waals surface area contributed by atoms with Crippen LogP contribution in [0, 0.1) is 0 Å². The van der Waals surface area contributed by atoms with Crippen LogP contribution in [0.25, 0.3) is 0 Å². The number of carbonyl (C=O) groups is 2. The van der Waals surface area contributed by atoms with E-state index in [2.05, 4.69) is 98.9 Å². The average Bonchev–Trinajstić information content (AvgIpc) is 3.41. The average molecular weight is 1110 g/mol. The van der Waals surface area contributed by atoms with Crippen LogP contribution in [0.2, 0.25) is 0 Å². The van der Waals surface area contributed by atoms with Gasteiger partial charge in [0.15, 0.2) is 6.10 Å². The summed E-state index contributed by atoms with van der Waals surface area (Å²) in [6.45, 7) is 4.29. The molecule has 452 valence electrons. The molecule has 10 heteroatoms. The molecule has 0 aromatic rings. The zero-order valence-corrected chi connectivity index (χ0v) is 52.3. The standard InChI is InChI=1S/C68H122NO8P/c1-6-8-10-12-14-16-18-20-22-24-26-28-29-30-31-32-33-34-35-36-37-38-39-41-42-44-46-48-50-52-54-56-58-60-67(70)74-64-66(65-76-78(72,73)75-63-62-69(3,4)5)77-68(71)61-59-57-55-53-51-49-47-45-43-40-27-25-23-21-19-17-15-13-11-9-7-2/h9,11,15,17,21,23-24,26-27,40,45,47,51,53,66H,6-8,10,12-14,16,18-20,22,25,28-39,41-44,46,48-50,52,54-65H2,1-5H3/p+1/b11-9-,17-15-,23-21-,26-24-,40-27-,47-45-,53-51-. The summed E-state index contributed by atoms with van der Waals surface area (Å²) in [5, 5.41) is 0. The number of likely N-dealkylation sites (N-methyl/N-ethyl adjacent to an activating group) is 1. The van der Waals surface area contributed by atoms with Crippen molar-refractivity contribution in [2.24, 2.45) is 0 Å². The molecule has 0 aromatic carbocycles. The van der Waals surface area contributed by atoms with Crippen molar-refractivity contribution in [3.05, 3.63) is 85.1 Å². The minimum Gasteiger partial charge on any atom is -0.462 e. The number of unbranched alkanes of at least 4 members (excludes halogenated alkanes) is 31. The number of hydrogen-bond acceptors (Lipinski definition) is 7. The van der Waals surface area contributed by atoms with E-state index in [9.17, 15) is 19.0 Å². The number of quaternary nitrogens is 1. The number of ether oxygens (including phenoxy) is 2. The Kier molecular flexibility index (Phi) is 56.7. The Labute approximate surface area is 481 Å². The van der Waals surface area contributed by atoms with E-state index >= 15 is 0 Å². The number of esters is 2. The summed E-state index contributed by atoms with van der Waals surface area (Å²) in [7, 11) is 1.45. The monoisotopic (exact) mass is 1110 g/mol. The Balaban J connectivity index is 4.08. The first-order chi connectivity index (χ1) is 38.0. The van der Waals surface area contributed by atoms with Gasteiger partial charge in [0.25, 0.3) is 0 Å². The fourth-order valence-electron chi connectivity index (χ4n) is 8.96. The summed E-state index contributed by atoms with van der Waals surface area (Å²) in [4.78, 5) is 35.7. The molecule has 0 aromatic heterocycles. The lowest BCUT2D eigenvalue weighted by molar-refractivity contribution is -0.870. The number of carbonyl (C=O) groups excluding carboxylic acids is 2. The van der Waals surface area contributed by atoms with E-state index in [1.807, 2.05) is 21.1 Å². The van der Waals surface area contributed by atoms with E-state index in [0.29, 0.717) is 17.4 Å². The van der Waals surface area contributed by atoms with E-state index < -0.39 is 26.5 Å². The van der Waals surface area contributed by atoms with Crippen molar-refractivity contribution in [1.82, 2.24) is 0 Å². The van der Waals surface area contributed by atoms with Crippen LogP contribution in [0.5, 0.6) is 0 Å². The van der Waals surface area contributed by atoms with Gasteiger partial charge in [-0.2, -0.15) is 0 Å². The van der Waals surface area contributed by atoms with Crippen molar-refractivity contribution in [2.75, 3.05) is 47.5 Å². The molecule has 0 radical (unpaired) electrons. The van der Waals surface area contributed by atoms with E-state index in [4.69, 9.17) is 18.5 Å². The SMILES string of the molecule is CC/C=C\C/C=C\C/C=C\C/C=C\C/C=C\C/C=C\CCCCC(=O)OC(COC(=O)CCCCCCCCCCCCCCCCCCCCCCC/C=C\CCCCCCCCCC)COP(=O)(O)OCC[N+](C)(C)C. The number of rotatable bonds is 59. The largest absolute Gasteiger partial charge is 0.472 e. The lowest BCUT2D eigenvalue weighted by Gasteiger charge is -2.24. The molecule has 1 N–H and O–H groups in total. The number of phosphoric acid groups is 1. The normalized spacial score (nSPS) is 13.8. The van der Waals surface area contributed by atoms with Crippen molar-refractivity contribution in [2.45, 2.75) is 290 Å². The predicted octanol–water partition coefficient (Wildman–Crippen LogP) is 20.6. The Morgan fingerprint density at radius 2 is 0.731 bits per heavy atom. The molecule has 0 saturated carbocycles. The summed E-state index contributed by atoms with van der Waals surface area (Å²) in [6, 6.07) is 0. The van der Waals surface area contributed by atoms with Crippen molar-refractivity contribution >= 4 is 19.8 Å². The topological polar surface area (TPSA) is 108 Å². The first kappa shape index (κ1) is 75.2. The van der Waals surface area contributed by atoms with Gasteiger partial charge in [0.05, 0.1) is 27.7 Å². The second-order valence-electron chi connectivity index (χ2n) is 22.8. The maximum absolute atomic E-state index is 12.8. The lowest BCUT2D eigenvalue weighted by atomic mass is 10.0. The van der Waals surface area contributed by atoms with Crippen molar-refractivity contribution in [3.8, 4) is 0 Å². The Morgan fingerprint density at radius 1 is 0.410 bits per heavy atom. The zero-order valence-electron chi connectivity index (χ0n) is 51.4. The molecule has 0 spiro atoms. The smallest absolute Gasteiger partial charge is 0.462 e. The molecule has 0 aliphatic carbocycles. The minimum atomic E-state index is -4.40. The van der Waals surface area contributed by atoms with Gasteiger partial charge >= 0.3 is 19.8 Å². The Bertz CT molecular complexity index is 1590. The summed E-state index contributed by atoms with van der Waals surface area (Å²) >= 11 is 0. The van der Waals surface area contributed by atoms with Crippen LogP contribution in [-0.4, -0.2) is 74.9 Å². The summed E-state index contributed by atoms with van der Waals surface area (Å²) in [5.74, 6) is -0.843. The number of nitrogens with zero attached hydrogens (tertiary/aromatic N) is 1. The maximum Gasteiger partial charge on any atom is 0.472 e. The molecule has 0 rings (SSSR count). The van der Waals surface area contributed by atoms with Crippen molar-refractivity contribution in [1.29, 1.82) is 0 Å². The molecular formula is C68H123NO8P+. The van der Waals surface area contributed by atoms with Crippen LogP contribution in [0.15, 0.2) is 85.1 Å². The van der Waals surface area contributed by atoms with Crippen LogP contribution in [-0.2, 0) is 32.7 Å².